The quantitative estimate of drug-likeness (QED) is 0.384. The van der Waals surface area contributed by atoms with Crippen molar-refractivity contribution in [1.29, 1.82) is 0 Å². The Balaban J connectivity index is 2.09. The molecule has 1 saturated heterocycles. The highest BCUT2D eigenvalue weighted by Crippen LogP contribution is 2.27. The van der Waals surface area contributed by atoms with Crippen LogP contribution in [0.2, 0.25) is 0 Å². The van der Waals surface area contributed by atoms with Crippen molar-refractivity contribution in [2.75, 3.05) is 19.8 Å². The van der Waals surface area contributed by atoms with Crippen molar-refractivity contribution in [3.05, 3.63) is 43.5 Å². The molecule has 30 heavy (non-hydrogen) atoms. The van der Waals surface area contributed by atoms with E-state index in [0.29, 0.717) is 22.3 Å². The molecule has 0 radical (unpaired) electrons. The summed E-state index contributed by atoms with van der Waals surface area (Å²) in [5.74, 6) is -1.01. The Labute approximate surface area is 188 Å². The second-order valence-electron chi connectivity index (χ2n) is 7.72. The van der Waals surface area contributed by atoms with Gasteiger partial charge in [-0.1, -0.05) is 13.8 Å². The molecule has 1 unspecified atom stereocenters. The first-order chi connectivity index (χ1) is 14.3. The number of hydrogen-bond donors (Lipinski definition) is 0. The lowest BCUT2D eigenvalue weighted by molar-refractivity contribution is -0.169. The zero-order valence-electron chi connectivity index (χ0n) is 17.5. The Morgan fingerprint density at radius 2 is 2.13 bits per heavy atom. The minimum atomic E-state index is -0.684. The normalized spacial score (nSPS) is 18.0. The number of halogens is 2. The van der Waals surface area contributed by atoms with Gasteiger partial charge in [0.05, 0.1) is 24.8 Å². The van der Waals surface area contributed by atoms with Gasteiger partial charge in [-0.2, -0.15) is 0 Å². The lowest BCUT2D eigenvalue weighted by atomic mass is 10.0. The van der Waals surface area contributed by atoms with E-state index in [1.54, 1.807) is 11.5 Å². The molecule has 0 aliphatic carbocycles. The summed E-state index contributed by atoms with van der Waals surface area (Å²) in [4.78, 5) is 25.4. The van der Waals surface area contributed by atoms with Crippen LogP contribution >= 0.6 is 22.6 Å². The van der Waals surface area contributed by atoms with Gasteiger partial charge in [-0.15, -0.1) is 0 Å². The molecule has 1 aromatic heterocycles. The topological polar surface area (TPSA) is 66.8 Å². The number of hydrogen-bond acceptors (Lipinski definition) is 5. The van der Waals surface area contributed by atoms with Gasteiger partial charge in [0.25, 0.3) is 0 Å². The van der Waals surface area contributed by atoms with Gasteiger partial charge in [-0.3, -0.25) is 4.79 Å². The highest BCUT2D eigenvalue weighted by Gasteiger charge is 2.25. The molecule has 8 heteroatoms. The summed E-state index contributed by atoms with van der Waals surface area (Å²) in [5, 5.41) is 0.283. The van der Waals surface area contributed by atoms with E-state index in [0.717, 1.165) is 19.3 Å². The molecule has 1 fully saturated rings. The number of rotatable bonds is 7. The van der Waals surface area contributed by atoms with Crippen LogP contribution in [0.25, 0.3) is 10.9 Å². The molecule has 0 spiro atoms. The molecule has 1 aliphatic heterocycles. The van der Waals surface area contributed by atoms with Gasteiger partial charge >= 0.3 is 5.97 Å². The van der Waals surface area contributed by atoms with Crippen molar-refractivity contribution in [3.8, 4) is 0 Å². The molecule has 164 valence electrons. The maximum Gasteiger partial charge on any atom is 0.343 e. The molecule has 1 aliphatic rings. The molecular formula is C22H27FINO5. The average molecular weight is 531 g/mol. The van der Waals surface area contributed by atoms with E-state index in [4.69, 9.17) is 14.2 Å². The van der Waals surface area contributed by atoms with E-state index < -0.39 is 17.2 Å². The Hall–Kier alpha value is -1.52. The fraction of sp³-hybridized carbons (Fsp3) is 0.545. The third-order valence-electron chi connectivity index (χ3n) is 5.29. The first-order valence-corrected chi connectivity index (χ1v) is 11.4. The maximum atomic E-state index is 14.4. The molecule has 2 aromatic rings. The van der Waals surface area contributed by atoms with Gasteiger partial charge in [-0.05, 0) is 66.8 Å². The number of aromatic nitrogens is 1. The summed E-state index contributed by atoms with van der Waals surface area (Å²) in [7, 11) is 0. The van der Waals surface area contributed by atoms with Gasteiger partial charge < -0.3 is 18.8 Å². The third kappa shape index (κ3) is 5.03. The fourth-order valence-corrected chi connectivity index (χ4v) is 4.08. The van der Waals surface area contributed by atoms with Crippen LogP contribution in [-0.4, -0.2) is 36.6 Å². The minimum Gasteiger partial charge on any atom is -0.462 e. The smallest absolute Gasteiger partial charge is 0.343 e. The summed E-state index contributed by atoms with van der Waals surface area (Å²) >= 11 is 1.84. The van der Waals surface area contributed by atoms with E-state index >= 15 is 0 Å². The van der Waals surface area contributed by atoms with Crippen LogP contribution in [0.5, 0.6) is 0 Å². The third-order valence-corrected chi connectivity index (χ3v) is 6.11. The number of nitrogens with zero attached hydrogens (tertiary/aromatic N) is 1. The minimum absolute atomic E-state index is 0.0636. The van der Waals surface area contributed by atoms with Gasteiger partial charge in [-0.25, -0.2) is 9.18 Å². The van der Waals surface area contributed by atoms with Crippen molar-refractivity contribution in [2.45, 2.75) is 52.4 Å². The number of carbonyl (C=O) groups is 1. The molecular weight excluding hydrogens is 504 g/mol. The Kier molecular flexibility index (Phi) is 7.86. The fourth-order valence-electron chi connectivity index (χ4n) is 3.62. The SMILES string of the molecule is CCOC(=O)c1cn([C@H](COC2CCCCO2)C(C)C)c2cc(F)c(I)cc2c1=O. The predicted octanol–water partition coefficient (Wildman–Crippen LogP) is 4.66. The molecule has 0 saturated carbocycles. The number of esters is 1. The summed E-state index contributed by atoms with van der Waals surface area (Å²) < 4.78 is 33.3. The van der Waals surface area contributed by atoms with E-state index in [1.165, 1.54) is 18.3 Å². The molecule has 0 N–H and O–H groups in total. The number of carbonyl (C=O) groups excluding carboxylic acids is 1. The highest BCUT2D eigenvalue weighted by atomic mass is 127. The van der Waals surface area contributed by atoms with Crippen molar-refractivity contribution in [2.24, 2.45) is 5.92 Å². The first kappa shape index (κ1) is 23.1. The second-order valence-corrected chi connectivity index (χ2v) is 8.89. The molecule has 3 rings (SSSR count). The standard InChI is InChI=1S/C22H27FINO5/c1-4-28-22(27)15-11-25(18-10-16(23)17(24)9-14(18)21(15)26)19(13(2)3)12-30-20-7-5-6-8-29-20/h9-11,13,19-20H,4-8,12H2,1-3H3/t19-,20?/m1/s1. The van der Waals surface area contributed by atoms with E-state index in [1.807, 2.05) is 36.4 Å². The van der Waals surface area contributed by atoms with Gasteiger partial charge in [0.2, 0.25) is 5.43 Å². The summed E-state index contributed by atoms with van der Waals surface area (Å²) in [6.45, 7) is 6.88. The molecule has 2 heterocycles. The zero-order valence-corrected chi connectivity index (χ0v) is 19.6. The van der Waals surface area contributed by atoms with Crippen LogP contribution in [-0.2, 0) is 14.2 Å². The zero-order chi connectivity index (χ0) is 21.8. The van der Waals surface area contributed by atoms with Crippen molar-refractivity contribution in [1.82, 2.24) is 4.57 Å². The van der Waals surface area contributed by atoms with Crippen LogP contribution < -0.4 is 5.43 Å². The molecule has 0 amide bonds. The number of ether oxygens (including phenoxy) is 3. The lowest BCUT2D eigenvalue weighted by Gasteiger charge is -2.30. The monoisotopic (exact) mass is 531 g/mol. The number of pyridine rings is 1. The maximum absolute atomic E-state index is 14.4. The Morgan fingerprint density at radius 3 is 2.77 bits per heavy atom. The van der Waals surface area contributed by atoms with E-state index in [9.17, 15) is 14.0 Å². The van der Waals surface area contributed by atoms with Crippen LogP contribution in [0.3, 0.4) is 0 Å². The predicted molar refractivity (Wildman–Crippen MR) is 120 cm³/mol. The van der Waals surface area contributed by atoms with Crippen LogP contribution in [0, 0.1) is 15.3 Å². The first-order valence-electron chi connectivity index (χ1n) is 10.3. The van der Waals surface area contributed by atoms with Crippen molar-refractivity contribution < 1.29 is 23.4 Å². The van der Waals surface area contributed by atoms with Gasteiger partial charge in [0.15, 0.2) is 6.29 Å². The molecule has 2 atom stereocenters. The van der Waals surface area contributed by atoms with E-state index in [-0.39, 0.29) is 35.8 Å². The summed E-state index contributed by atoms with van der Waals surface area (Å²) in [6, 6.07) is 2.60. The Morgan fingerprint density at radius 1 is 1.37 bits per heavy atom. The molecule has 0 bridgehead atoms. The van der Waals surface area contributed by atoms with Gasteiger partial charge in [0, 0.05) is 21.8 Å². The van der Waals surface area contributed by atoms with Crippen LogP contribution in [0.15, 0.2) is 23.1 Å². The van der Waals surface area contributed by atoms with Crippen molar-refractivity contribution >= 4 is 39.5 Å². The largest absolute Gasteiger partial charge is 0.462 e. The average Bonchev–Trinajstić information content (AvgIpc) is 2.71. The molecule has 1 aromatic carbocycles. The van der Waals surface area contributed by atoms with Gasteiger partial charge in [0.1, 0.15) is 11.4 Å². The Bertz CT molecular complexity index is 968. The molecule has 6 nitrogen and oxygen atoms in total. The van der Waals surface area contributed by atoms with E-state index in [2.05, 4.69) is 0 Å². The highest BCUT2D eigenvalue weighted by molar-refractivity contribution is 14.1. The summed E-state index contributed by atoms with van der Waals surface area (Å²) in [5.41, 5.74) is -0.0965. The second kappa shape index (κ2) is 10.2. The van der Waals surface area contributed by atoms with Crippen LogP contribution in [0.1, 0.15) is 56.4 Å². The number of fused-ring (bicyclic) bond motifs is 1. The summed E-state index contributed by atoms with van der Waals surface area (Å²) in [6.07, 6.45) is 4.11. The number of benzene rings is 1. The lowest BCUT2D eigenvalue weighted by Crippen LogP contribution is -2.30. The van der Waals surface area contributed by atoms with Crippen molar-refractivity contribution in [3.63, 3.8) is 0 Å². The van der Waals surface area contributed by atoms with Crippen LogP contribution in [0.4, 0.5) is 4.39 Å².